The van der Waals surface area contributed by atoms with E-state index in [1.165, 1.54) is 17.5 Å². The lowest BCUT2D eigenvalue weighted by atomic mass is 10.2. The van der Waals surface area contributed by atoms with Gasteiger partial charge in [0.05, 0.1) is 3.79 Å². The van der Waals surface area contributed by atoms with Crippen LogP contribution in [0.3, 0.4) is 0 Å². The van der Waals surface area contributed by atoms with Gasteiger partial charge in [-0.25, -0.2) is 9.78 Å². The zero-order valence-electron chi connectivity index (χ0n) is 6.32. The standard InChI is InChI=1S/C8H4BrNO2S/c9-6-3-4-5(13-6)1-2-10-7(4)8(11)12/h1-3H,(H,11,12). The van der Waals surface area contributed by atoms with E-state index in [0.29, 0.717) is 5.39 Å². The van der Waals surface area contributed by atoms with Gasteiger partial charge < -0.3 is 5.11 Å². The summed E-state index contributed by atoms with van der Waals surface area (Å²) in [4.78, 5) is 14.6. The van der Waals surface area contributed by atoms with Crippen LogP contribution in [0.15, 0.2) is 22.1 Å². The summed E-state index contributed by atoms with van der Waals surface area (Å²) in [5, 5.41) is 9.51. The number of fused-ring (bicyclic) bond motifs is 1. The SMILES string of the molecule is O=C(O)c1nccc2sc(Br)cc12. The van der Waals surface area contributed by atoms with Gasteiger partial charge in [-0.3, -0.25) is 0 Å². The Hall–Kier alpha value is -0.940. The second-order valence-electron chi connectivity index (χ2n) is 2.43. The van der Waals surface area contributed by atoms with Crippen LogP contribution in [0.25, 0.3) is 10.1 Å². The van der Waals surface area contributed by atoms with Crippen LogP contribution in [0.5, 0.6) is 0 Å². The molecular formula is C8H4BrNO2S. The van der Waals surface area contributed by atoms with Gasteiger partial charge in [-0.2, -0.15) is 0 Å². The average Bonchev–Trinajstić information content (AvgIpc) is 2.43. The minimum absolute atomic E-state index is 0.111. The van der Waals surface area contributed by atoms with Crippen LogP contribution in [0, 0.1) is 0 Å². The van der Waals surface area contributed by atoms with E-state index in [2.05, 4.69) is 20.9 Å². The minimum Gasteiger partial charge on any atom is -0.476 e. The third kappa shape index (κ3) is 1.45. The number of nitrogens with zero attached hydrogens (tertiary/aromatic N) is 1. The first-order valence-corrected chi connectivity index (χ1v) is 5.07. The van der Waals surface area contributed by atoms with Gasteiger partial charge in [0.1, 0.15) is 0 Å². The number of carbonyl (C=O) groups is 1. The van der Waals surface area contributed by atoms with Gasteiger partial charge in [0, 0.05) is 16.3 Å². The number of rotatable bonds is 1. The lowest BCUT2D eigenvalue weighted by Crippen LogP contribution is -1.99. The molecule has 0 amide bonds. The summed E-state index contributed by atoms with van der Waals surface area (Å²) < 4.78 is 1.84. The Morgan fingerprint density at radius 1 is 1.62 bits per heavy atom. The second kappa shape index (κ2) is 3.08. The second-order valence-corrected chi connectivity index (χ2v) is 4.89. The van der Waals surface area contributed by atoms with Crippen molar-refractivity contribution < 1.29 is 9.90 Å². The van der Waals surface area contributed by atoms with Crippen LogP contribution in [0.4, 0.5) is 0 Å². The smallest absolute Gasteiger partial charge is 0.355 e. The number of pyridine rings is 1. The predicted octanol–water partition coefficient (Wildman–Crippen LogP) is 2.76. The van der Waals surface area contributed by atoms with Crippen molar-refractivity contribution >= 4 is 43.3 Å². The highest BCUT2D eigenvalue weighted by Gasteiger charge is 2.11. The van der Waals surface area contributed by atoms with E-state index in [1.54, 1.807) is 12.1 Å². The Morgan fingerprint density at radius 2 is 2.38 bits per heavy atom. The first-order chi connectivity index (χ1) is 6.18. The molecule has 2 heterocycles. The van der Waals surface area contributed by atoms with Crippen LogP contribution in [0.2, 0.25) is 0 Å². The van der Waals surface area contributed by atoms with Crippen molar-refractivity contribution in [2.75, 3.05) is 0 Å². The molecule has 2 aromatic heterocycles. The van der Waals surface area contributed by atoms with Gasteiger partial charge in [-0.05, 0) is 28.1 Å². The molecule has 3 nitrogen and oxygen atoms in total. The summed E-state index contributed by atoms with van der Waals surface area (Å²) in [5.41, 5.74) is 0.111. The molecule has 0 spiro atoms. The lowest BCUT2D eigenvalue weighted by molar-refractivity contribution is 0.0693. The summed E-state index contributed by atoms with van der Waals surface area (Å²) in [5.74, 6) is -0.990. The van der Waals surface area contributed by atoms with Crippen LogP contribution >= 0.6 is 27.3 Å². The molecule has 5 heteroatoms. The number of thiophene rings is 1. The monoisotopic (exact) mass is 257 g/mol. The van der Waals surface area contributed by atoms with Gasteiger partial charge in [0.15, 0.2) is 5.69 Å². The molecule has 0 saturated carbocycles. The largest absolute Gasteiger partial charge is 0.476 e. The number of carboxylic acid groups (broad SMARTS) is 1. The Bertz CT molecular complexity index is 480. The fourth-order valence-corrected chi connectivity index (χ4v) is 2.64. The maximum atomic E-state index is 10.8. The number of hydrogen-bond acceptors (Lipinski definition) is 3. The molecule has 13 heavy (non-hydrogen) atoms. The lowest BCUT2D eigenvalue weighted by Gasteiger charge is -1.93. The number of hydrogen-bond donors (Lipinski definition) is 1. The van der Waals surface area contributed by atoms with Gasteiger partial charge in [0.2, 0.25) is 0 Å². The summed E-state index contributed by atoms with van der Waals surface area (Å²) >= 11 is 4.80. The third-order valence-electron chi connectivity index (χ3n) is 1.62. The van der Waals surface area contributed by atoms with Crippen LogP contribution in [0.1, 0.15) is 10.5 Å². The van der Waals surface area contributed by atoms with Crippen molar-refractivity contribution in [3.63, 3.8) is 0 Å². The minimum atomic E-state index is -0.990. The summed E-state index contributed by atoms with van der Waals surface area (Å²) in [6.45, 7) is 0. The molecule has 0 unspecified atom stereocenters. The first-order valence-electron chi connectivity index (χ1n) is 3.46. The molecule has 0 aliphatic rings. The van der Waals surface area contributed by atoms with Gasteiger partial charge in [0.25, 0.3) is 0 Å². The fourth-order valence-electron chi connectivity index (χ4n) is 1.10. The van der Waals surface area contributed by atoms with E-state index in [1.807, 2.05) is 0 Å². The highest BCUT2D eigenvalue weighted by atomic mass is 79.9. The Kier molecular flexibility index (Phi) is 2.05. The predicted molar refractivity (Wildman–Crippen MR) is 54.3 cm³/mol. The number of halogens is 1. The quantitative estimate of drug-likeness (QED) is 0.855. The molecule has 0 aliphatic heterocycles. The van der Waals surface area contributed by atoms with E-state index in [4.69, 9.17) is 5.11 Å². The van der Waals surface area contributed by atoms with E-state index < -0.39 is 5.97 Å². The maximum absolute atomic E-state index is 10.8. The van der Waals surface area contributed by atoms with Crippen molar-refractivity contribution in [3.8, 4) is 0 Å². The molecule has 66 valence electrons. The molecule has 1 N–H and O–H groups in total. The number of aromatic carboxylic acids is 1. The van der Waals surface area contributed by atoms with Gasteiger partial charge in [-0.1, -0.05) is 0 Å². The molecule has 0 radical (unpaired) electrons. The zero-order chi connectivity index (χ0) is 9.42. The number of carboxylic acids is 1. The summed E-state index contributed by atoms with van der Waals surface area (Å²) in [6.07, 6.45) is 1.51. The molecule has 0 aliphatic carbocycles. The van der Waals surface area contributed by atoms with Crippen molar-refractivity contribution in [2.24, 2.45) is 0 Å². The maximum Gasteiger partial charge on any atom is 0.355 e. The van der Waals surface area contributed by atoms with E-state index in [-0.39, 0.29) is 5.69 Å². The van der Waals surface area contributed by atoms with Crippen molar-refractivity contribution in [1.82, 2.24) is 4.98 Å². The van der Waals surface area contributed by atoms with Crippen molar-refractivity contribution in [1.29, 1.82) is 0 Å². The fraction of sp³-hybridized carbons (Fsp3) is 0. The van der Waals surface area contributed by atoms with Crippen LogP contribution in [-0.4, -0.2) is 16.1 Å². The zero-order valence-corrected chi connectivity index (χ0v) is 8.72. The van der Waals surface area contributed by atoms with Crippen LogP contribution in [-0.2, 0) is 0 Å². The normalized spacial score (nSPS) is 10.5. The van der Waals surface area contributed by atoms with Gasteiger partial charge in [-0.15, -0.1) is 11.3 Å². The highest BCUT2D eigenvalue weighted by Crippen LogP contribution is 2.30. The van der Waals surface area contributed by atoms with E-state index >= 15 is 0 Å². The molecule has 0 fully saturated rings. The highest BCUT2D eigenvalue weighted by molar-refractivity contribution is 9.11. The first kappa shape index (κ1) is 8.65. The van der Waals surface area contributed by atoms with E-state index in [9.17, 15) is 4.79 Å². The number of aromatic nitrogens is 1. The summed E-state index contributed by atoms with van der Waals surface area (Å²) in [6, 6.07) is 3.58. The Morgan fingerprint density at radius 3 is 3.08 bits per heavy atom. The van der Waals surface area contributed by atoms with Crippen molar-refractivity contribution in [2.45, 2.75) is 0 Å². The average molecular weight is 258 g/mol. The molecule has 0 aromatic carbocycles. The molecule has 0 atom stereocenters. The van der Waals surface area contributed by atoms with Crippen LogP contribution < -0.4 is 0 Å². The van der Waals surface area contributed by atoms with Crippen molar-refractivity contribution in [3.05, 3.63) is 27.8 Å². The molecule has 2 aromatic rings. The molecule has 0 saturated heterocycles. The topological polar surface area (TPSA) is 50.2 Å². The summed E-state index contributed by atoms with van der Waals surface area (Å²) in [7, 11) is 0. The molecule has 2 rings (SSSR count). The molecular weight excluding hydrogens is 254 g/mol. The third-order valence-corrected chi connectivity index (χ3v) is 3.22. The Balaban J connectivity index is 2.82. The van der Waals surface area contributed by atoms with Gasteiger partial charge >= 0.3 is 5.97 Å². The molecule has 0 bridgehead atoms. The Labute approximate surface area is 86.2 Å². The van der Waals surface area contributed by atoms with E-state index in [0.717, 1.165) is 8.49 Å².